The summed E-state index contributed by atoms with van der Waals surface area (Å²) in [5, 5.41) is 7.04. The van der Waals surface area contributed by atoms with Crippen molar-refractivity contribution in [2.45, 2.75) is 18.2 Å². The van der Waals surface area contributed by atoms with Gasteiger partial charge in [-0.2, -0.15) is 0 Å². The molecular weight excluding hydrogens is 282 g/mol. The topological polar surface area (TPSA) is 76.4 Å². The number of thioether (sulfide) groups is 1. The second-order valence-electron chi connectivity index (χ2n) is 3.88. The van der Waals surface area contributed by atoms with Crippen LogP contribution in [-0.4, -0.2) is 39.0 Å². The Morgan fingerprint density at radius 3 is 2.79 bits per heavy atom. The molecule has 19 heavy (non-hydrogen) atoms. The van der Waals surface area contributed by atoms with Gasteiger partial charge in [0.05, 0.1) is 17.2 Å². The molecule has 5 nitrogen and oxygen atoms in total. The van der Waals surface area contributed by atoms with E-state index in [1.54, 1.807) is 18.9 Å². The van der Waals surface area contributed by atoms with Gasteiger partial charge in [-0.15, -0.1) is 23.1 Å². The Morgan fingerprint density at radius 1 is 1.47 bits per heavy atom. The van der Waals surface area contributed by atoms with E-state index in [-0.39, 0.29) is 5.91 Å². The Morgan fingerprint density at radius 2 is 2.21 bits per heavy atom. The molecule has 0 fully saturated rings. The average molecular weight is 303 g/mol. The van der Waals surface area contributed by atoms with Crippen molar-refractivity contribution < 1.29 is 9.53 Å². The van der Waals surface area contributed by atoms with Gasteiger partial charge in [0.15, 0.2) is 0 Å². The number of ether oxygens (including phenoxy) is 1. The number of carbonyl (C=O) groups excluding carboxylic acids is 1. The lowest BCUT2D eigenvalue weighted by Gasteiger charge is -2.04. The van der Waals surface area contributed by atoms with Gasteiger partial charge in [-0.25, -0.2) is 0 Å². The summed E-state index contributed by atoms with van der Waals surface area (Å²) >= 11 is 2.94. The third kappa shape index (κ3) is 4.29. The third-order valence-corrected chi connectivity index (χ3v) is 4.56. The van der Waals surface area contributed by atoms with Crippen LogP contribution in [0.25, 0.3) is 0 Å². The van der Waals surface area contributed by atoms with Crippen LogP contribution in [0.15, 0.2) is 4.90 Å². The van der Waals surface area contributed by atoms with Crippen molar-refractivity contribution in [3.05, 3.63) is 4.88 Å². The molecule has 1 aromatic heterocycles. The number of hydrogen-bond donors (Lipinski definition) is 3. The normalized spacial score (nSPS) is 10.5. The van der Waals surface area contributed by atoms with Gasteiger partial charge in [0.2, 0.25) is 0 Å². The fourth-order valence-electron chi connectivity index (χ4n) is 1.50. The Labute approximate surface area is 122 Å². The quantitative estimate of drug-likeness (QED) is 0.507. The van der Waals surface area contributed by atoms with Gasteiger partial charge in [-0.3, -0.25) is 4.79 Å². The van der Waals surface area contributed by atoms with Crippen LogP contribution < -0.4 is 16.4 Å². The zero-order valence-corrected chi connectivity index (χ0v) is 13.2. The van der Waals surface area contributed by atoms with Crippen molar-refractivity contribution >= 4 is 39.7 Å². The number of amides is 1. The van der Waals surface area contributed by atoms with Crippen molar-refractivity contribution in [1.29, 1.82) is 0 Å². The fraction of sp³-hybridized carbons (Fsp3) is 0.583. The van der Waals surface area contributed by atoms with Gasteiger partial charge in [0.1, 0.15) is 9.88 Å². The van der Waals surface area contributed by atoms with Crippen LogP contribution in [0, 0.1) is 0 Å². The summed E-state index contributed by atoms with van der Waals surface area (Å²) in [5.41, 5.74) is 6.61. The lowest BCUT2D eigenvalue weighted by molar-refractivity contribution is 0.0958. The summed E-state index contributed by atoms with van der Waals surface area (Å²) in [5.74, 6) is -0.0977. The predicted molar refractivity (Wildman–Crippen MR) is 83.5 cm³/mol. The van der Waals surface area contributed by atoms with E-state index in [4.69, 9.17) is 10.5 Å². The maximum Gasteiger partial charge on any atom is 0.263 e. The SMILES string of the molecule is CCCNC(=O)c1sc(NCCOC)c(SC)c1N. The Kier molecular flexibility index (Phi) is 7.04. The largest absolute Gasteiger partial charge is 0.396 e. The second kappa shape index (κ2) is 8.29. The number of nitrogen functional groups attached to an aromatic ring is 1. The molecule has 0 aliphatic rings. The van der Waals surface area contributed by atoms with E-state index in [0.717, 1.165) is 16.3 Å². The summed E-state index contributed by atoms with van der Waals surface area (Å²) in [6.45, 7) is 3.99. The predicted octanol–water partition coefficient (Wildman–Crippen LogP) is 2.25. The van der Waals surface area contributed by atoms with Gasteiger partial charge in [-0.1, -0.05) is 6.92 Å². The van der Waals surface area contributed by atoms with Crippen LogP contribution in [0.4, 0.5) is 10.7 Å². The standard InChI is InChI=1S/C12H21N3O2S2/c1-4-5-14-11(16)9-8(13)10(18-3)12(19-9)15-6-7-17-2/h15H,4-7,13H2,1-3H3,(H,14,16). The summed E-state index contributed by atoms with van der Waals surface area (Å²) in [6, 6.07) is 0. The Balaban J connectivity index is 2.85. The number of anilines is 2. The first-order chi connectivity index (χ1) is 9.15. The maximum atomic E-state index is 12.0. The number of thiophene rings is 1. The van der Waals surface area contributed by atoms with Crippen molar-refractivity contribution in [3.8, 4) is 0 Å². The number of carbonyl (C=O) groups is 1. The molecule has 0 radical (unpaired) electrons. The molecule has 1 amide bonds. The molecular formula is C12H21N3O2S2. The van der Waals surface area contributed by atoms with E-state index in [1.807, 2.05) is 13.2 Å². The summed E-state index contributed by atoms with van der Waals surface area (Å²) < 4.78 is 5.00. The molecule has 0 bridgehead atoms. The lowest BCUT2D eigenvalue weighted by atomic mass is 10.3. The van der Waals surface area contributed by atoms with Crippen molar-refractivity contribution in [2.24, 2.45) is 0 Å². The van der Waals surface area contributed by atoms with E-state index in [9.17, 15) is 4.79 Å². The lowest BCUT2D eigenvalue weighted by Crippen LogP contribution is -2.23. The minimum absolute atomic E-state index is 0.0977. The summed E-state index contributed by atoms with van der Waals surface area (Å²) in [7, 11) is 1.66. The number of nitrogens with two attached hydrogens (primary N) is 1. The van der Waals surface area contributed by atoms with E-state index >= 15 is 0 Å². The number of hydrogen-bond acceptors (Lipinski definition) is 6. The van der Waals surface area contributed by atoms with E-state index in [2.05, 4.69) is 10.6 Å². The Hall–Kier alpha value is -0.920. The second-order valence-corrected chi connectivity index (χ2v) is 5.72. The molecule has 0 aromatic carbocycles. The van der Waals surface area contributed by atoms with E-state index < -0.39 is 0 Å². The van der Waals surface area contributed by atoms with Gasteiger partial charge in [0, 0.05) is 20.2 Å². The molecule has 0 unspecified atom stereocenters. The molecule has 1 rings (SSSR count). The number of methoxy groups -OCH3 is 1. The van der Waals surface area contributed by atoms with E-state index in [0.29, 0.717) is 30.3 Å². The molecule has 108 valence electrons. The smallest absolute Gasteiger partial charge is 0.263 e. The molecule has 1 heterocycles. The highest BCUT2D eigenvalue weighted by molar-refractivity contribution is 7.99. The first-order valence-corrected chi connectivity index (χ1v) is 8.17. The average Bonchev–Trinajstić information content (AvgIpc) is 2.72. The van der Waals surface area contributed by atoms with Gasteiger partial charge >= 0.3 is 0 Å². The molecule has 0 saturated heterocycles. The van der Waals surface area contributed by atoms with Gasteiger partial charge < -0.3 is 21.1 Å². The number of nitrogens with one attached hydrogen (secondary N) is 2. The molecule has 0 spiro atoms. The van der Waals surface area contributed by atoms with Gasteiger partial charge in [0.25, 0.3) is 5.91 Å². The van der Waals surface area contributed by atoms with Crippen LogP contribution in [-0.2, 0) is 4.74 Å². The summed E-state index contributed by atoms with van der Waals surface area (Å²) in [6.07, 6.45) is 2.86. The first-order valence-electron chi connectivity index (χ1n) is 6.12. The Bertz CT molecular complexity index is 421. The molecule has 0 atom stereocenters. The van der Waals surface area contributed by atoms with Crippen LogP contribution >= 0.6 is 23.1 Å². The zero-order valence-electron chi connectivity index (χ0n) is 11.5. The van der Waals surface area contributed by atoms with Crippen LogP contribution in [0.5, 0.6) is 0 Å². The van der Waals surface area contributed by atoms with Crippen LogP contribution in [0.1, 0.15) is 23.0 Å². The molecule has 0 aliphatic heterocycles. The van der Waals surface area contributed by atoms with Crippen LogP contribution in [0.3, 0.4) is 0 Å². The minimum atomic E-state index is -0.0977. The monoisotopic (exact) mass is 303 g/mol. The number of rotatable bonds is 8. The molecule has 7 heteroatoms. The molecule has 4 N–H and O–H groups in total. The van der Waals surface area contributed by atoms with E-state index in [1.165, 1.54) is 11.3 Å². The molecule has 0 saturated carbocycles. The third-order valence-electron chi connectivity index (χ3n) is 2.44. The minimum Gasteiger partial charge on any atom is -0.396 e. The molecule has 0 aliphatic carbocycles. The summed E-state index contributed by atoms with van der Waals surface area (Å²) in [4.78, 5) is 13.5. The maximum absolute atomic E-state index is 12.0. The zero-order chi connectivity index (χ0) is 14.3. The molecule has 1 aromatic rings. The van der Waals surface area contributed by atoms with Crippen molar-refractivity contribution in [3.63, 3.8) is 0 Å². The highest BCUT2D eigenvalue weighted by Gasteiger charge is 2.20. The first kappa shape index (κ1) is 16.1. The highest BCUT2D eigenvalue weighted by Crippen LogP contribution is 2.41. The van der Waals surface area contributed by atoms with Crippen LogP contribution in [0.2, 0.25) is 0 Å². The van der Waals surface area contributed by atoms with Crippen molar-refractivity contribution in [2.75, 3.05) is 44.1 Å². The van der Waals surface area contributed by atoms with Gasteiger partial charge in [-0.05, 0) is 12.7 Å². The fourth-order valence-corrected chi connectivity index (χ4v) is 3.48. The highest BCUT2D eigenvalue weighted by atomic mass is 32.2. The van der Waals surface area contributed by atoms with Crippen molar-refractivity contribution in [1.82, 2.24) is 5.32 Å².